The second-order valence-electron chi connectivity index (χ2n) is 4.85. The highest BCUT2D eigenvalue weighted by Crippen LogP contribution is 2.31. The Morgan fingerprint density at radius 1 is 1.04 bits per heavy atom. The first-order chi connectivity index (χ1) is 11.4. The van der Waals surface area contributed by atoms with Gasteiger partial charge < -0.3 is 9.63 Å². The van der Waals surface area contributed by atoms with Gasteiger partial charge in [-0.25, -0.2) is 4.79 Å². The van der Waals surface area contributed by atoms with Crippen LogP contribution in [0.1, 0.15) is 15.9 Å². The molecule has 1 heterocycles. The van der Waals surface area contributed by atoms with Gasteiger partial charge in [0, 0.05) is 5.56 Å². The Bertz CT molecular complexity index is 886. The SMILES string of the molecule is O=C(O)c1ccccc1-c1nc(-c2ccc(C(F)(F)F)cc2)no1. The van der Waals surface area contributed by atoms with Gasteiger partial charge in [0.15, 0.2) is 0 Å². The summed E-state index contributed by atoms with van der Waals surface area (Å²) in [6.45, 7) is 0. The van der Waals surface area contributed by atoms with Crippen LogP contribution < -0.4 is 0 Å². The molecule has 0 aliphatic rings. The van der Waals surface area contributed by atoms with Gasteiger partial charge >= 0.3 is 12.1 Å². The van der Waals surface area contributed by atoms with Gasteiger partial charge in [-0.1, -0.05) is 29.4 Å². The van der Waals surface area contributed by atoms with E-state index in [9.17, 15) is 18.0 Å². The van der Waals surface area contributed by atoms with Crippen LogP contribution in [0.25, 0.3) is 22.8 Å². The molecule has 5 nitrogen and oxygen atoms in total. The zero-order valence-corrected chi connectivity index (χ0v) is 11.9. The molecule has 0 radical (unpaired) electrons. The Labute approximate surface area is 133 Å². The van der Waals surface area contributed by atoms with Crippen molar-refractivity contribution in [3.05, 3.63) is 59.7 Å². The third-order valence-electron chi connectivity index (χ3n) is 3.28. The number of aromatic carboxylic acids is 1. The van der Waals surface area contributed by atoms with Crippen molar-refractivity contribution in [1.29, 1.82) is 0 Å². The Morgan fingerprint density at radius 3 is 2.33 bits per heavy atom. The molecule has 3 aromatic rings. The second kappa shape index (κ2) is 5.80. The first-order valence-electron chi connectivity index (χ1n) is 6.70. The first kappa shape index (κ1) is 15.7. The molecule has 122 valence electrons. The lowest BCUT2D eigenvalue weighted by molar-refractivity contribution is -0.137. The Morgan fingerprint density at radius 2 is 1.71 bits per heavy atom. The summed E-state index contributed by atoms with van der Waals surface area (Å²) in [4.78, 5) is 15.3. The van der Waals surface area contributed by atoms with E-state index in [1.54, 1.807) is 12.1 Å². The van der Waals surface area contributed by atoms with Gasteiger partial charge in [-0.05, 0) is 24.3 Å². The van der Waals surface area contributed by atoms with Gasteiger partial charge in [0.2, 0.25) is 5.82 Å². The van der Waals surface area contributed by atoms with E-state index in [-0.39, 0.29) is 22.8 Å². The molecule has 0 amide bonds. The molecule has 3 rings (SSSR count). The zero-order chi connectivity index (χ0) is 17.3. The molecule has 1 N–H and O–H groups in total. The summed E-state index contributed by atoms with van der Waals surface area (Å²) in [5.74, 6) is -1.11. The van der Waals surface area contributed by atoms with Crippen molar-refractivity contribution in [1.82, 2.24) is 10.1 Å². The zero-order valence-electron chi connectivity index (χ0n) is 11.9. The fraction of sp³-hybridized carbons (Fsp3) is 0.0625. The van der Waals surface area contributed by atoms with E-state index in [4.69, 9.17) is 9.63 Å². The van der Waals surface area contributed by atoms with Crippen molar-refractivity contribution in [2.24, 2.45) is 0 Å². The van der Waals surface area contributed by atoms with Gasteiger partial charge in [0.1, 0.15) is 0 Å². The topological polar surface area (TPSA) is 76.2 Å². The predicted octanol–water partition coefficient (Wildman–Crippen LogP) is 4.12. The van der Waals surface area contributed by atoms with E-state index in [2.05, 4.69) is 10.1 Å². The molecule has 0 fully saturated rings. The van der Waals surface area contributed by atoms with Crippen LogP contribution in [-0.2, 0) is 6.18 Å². The maximum atomic E-state index is 12.6. The number of carboxylic acids is 1. The molecule has 0 atom stereocenters. The summed E-state index contributed by atoms with van der Waals surface area (Å²) < 4.78 is 42.7. The third-order valence-corrected chi connectivity index (χ3v) is 3.28. The summed E-state index contributed by atoms with van der Waals surface area (Å²) in [7, 11) is 0. The van der Waals surface area contributed by atoms with Crippen molar-refractivity contribution in [3.8, 4) is 22.8 Å². The molecular weight excluding hydrogens is 325 g/mol. The van der Waals surface area contributed by atoms with Crippen LogP contribution in [-0.4, -0.2) is 21.2 Å². The quantitative estimate of drug-likeness (QED) is 0.780. The Hall–Kier alpha value is -3.16. The highest BCUT2D eigenvalue weighted by molar-refractivity contribution is 5.94. The number of carbonyl (C=O) groups is 1. The predicted molar refractivity (Wildman–Crippen MR) is 77.1 cm³/mol. The summed E-state index contributed by atoms with van der Waals surface area (Å²) >= 11 is 0. The van der Waals surface area contributed by atoms with E-state index in [1.165, 1.54) is 24.3 Å². The van der Waals surface area contributed by atoms with Crippen LogP contribution in [0.5, 0.6) is 0 Å². The fourth-order valence-electron chi connectivity index (χ4n) is 2.11. The molecule has 24 heavy (non-hydrogen) atoms. The van der Waals surface area contributed by atoms with Gasteiger partial charge in [0.25, 0.3) is 5.89 Å². The van der Waals surface area contributed by atoms with Crippen LogP contribution in [0.2, 0.25) is 0 Å². The number of hydrogen-bond acceptors (Lipinski definition) is 4. The van der Waals surface area contributed by atoms with Crippen LogP contribution in [0, 0.1) is 0 Å². The molecule has 0 bridgehead atoms. The molecule has 0 aliphatic heterocycles. The van der Waals surface area contributed by atoms with Gasteiger partial charge in [-0.3, -0.25) is 0 Å². The van der Waals surface area contributed by atoms with Gasteiger partial charge in [0.05, 0.1) is 16.7 Å². The first-order valence-corrected chi connectivity index (χ1v) is 6.70. The maximum absolute atomic E-state index is 12.6. The normalized spacial score (nSPS) is 11.5. The molecule has 0 aliphatic carbocycles. The maximum Gasteiger partial charge on any atom is 0.416 e. The number of halogens is 3. The number of carboxylic acid groups (broad SMARTS) is 1. The van der Waals surface area contributed by atoms with E-state index in [0.29, 0.717) is 5.56 Å². The molecule has 0 unspecified atom stereocenters. The van der Waals surface area contributed by atoms with Crippen molar-refractivity contribution in [3.63, 3.8) is 0 Å². The number of nitrogens with zero attached hydrogens (tertiary/aromatic N) is 2. The van der Waals surface area contributed by atoms with E-state index < -0.39 is 17.7 Å². The van der Waals surface area contributed by atoms with Crippen molar-refractivity contribution < 1.29 is 27.6 Å². The minimum Gasteiger partial charge on any atom is -0.478 e. The fourth-order valence-corrected chi connectivity index (χ4v) is 2.11. The van der Waals surface area contributed by atoms with Crippen molar-refractivity contribution in [2.45, 2.75) is 6.18 Å². The molecule has 0 saturated heterocycles. The van der Waals surface area contributed by atoms with Crippen molar-refractivity contribution >= 4 is 5.97 Å². The highest BCUT2D eigenvalue weighted by atomic mass is 19.4. The lowest BCUT2D eigenvalue weighted by Crippen LogP contribution is -2.04. The summed E-state index contributed by atoms with van der Waals surface area (Å²) in [6, 6.07) is 10.3. The lowest BCUT2D eigenvalue weighted by Gasteiger charge is -2.05. The van der Waals surface area contributed by atoms with Crippen LogP contribution in [0.4, 0.5) is 13.2 Å². The number of aromatic nitrogens is 2. The van der Waals surface area contributed by atoms with Crippen LogP contribution >= 0.6 is 0 Å². The van der Waals surface area contributed by atoms with E-state index in [1.807, 2.05) is 0 Å². The lowest BCUT2D eigenvalue weighted by atomic mass is 10.1. The van der Waals surface area contributed by atoms with Gasteiger partial charge in [-0.15, -0.1) is 0 Å². The summed E-state index contributed by atoms with van der Waals surface area (Å²) in [5, 5.41) is 12.9. The molecule has 2 aromatic carbocycles. The number of benzene rings is 2. The summed E-state index contributed by atoms with van der Waals surface area (Å²) in [5.41, 5.74) is -0.243. The minimum absolute atomic E-state index is 0.0138. The van der Waals surface area contributed by atoms with Crippen molar-refractivity contribution in [2.75, 3.05) is 0 Å². The monoisotopic (exact) mass is 334 g/mol. The standard InChI is InChI=1S/C16H9F3N2O3/c17-16(18,19)10-7-5-9(6-8-10)13-20-14(24-21-13)11-3-1-2-4-12(11)15(22)23/h1-8H,(H,22,23). The average Bonchev–Trinajstić information content (AvgIpc) is 3.04. The van der Waals surface area contributed by atoms with Crippen LogP contribution in [0.3, 0.4) is 0 Å². The largest absolute Gasteiger partial charge is 0.478 e. The van der Waals surface area contributed by atoms with Crippen LogP contribution in [0.15, 0.2) is 53.1 Å². The smallest absolute Gasteiger partial charge is 0.416 e. The molecule has 8 heteroatoms. The summed E-state index contributed by atoms with van der Waals surface area (Å²) in [6.07, 6.45) is -4.43. The Balaban J connectivity index is 1.96. The third kappa shape index (κ3) is 2.98. The molecule has 1 aromatic heterocycles. The second-order valence-corrected chi connectivity index (χ2v) is 4.85. The highest BCUT2D eigenvalue weighted by Gasteiger charge is 2.30. The number of rotatable bonds is 3. The van der Waals surface area contributed by atoms with E-state index >= 15 is 0 Å². The molecular formula is C16H9F3N2O3. The number of hydrogen-bond donors (Lipinski definition) is 1. The number of alkyl halides is 3. The Kier molecular flexibility index (Phi) is 3.80. The van der Waals surface area contributed by atoms with E-state index in [0.717, 1.165) is 12.1 Å². The molecule has 0 spiro atoms. The average molecular weight is 334 g/mol. The molecule has 0 saturated carbocycles. The minimum atomic E-state index is -4.43. The van der Waals surface area contributed by atoms with Gasteiger partial charge in [-0.2, -0.15) is 18.2 Å².